The average Bonchev–Trinajstić information content (AvgIpc) is 2.81. The first kappa shape index (κ1) is 12.8. The number of hydrogen-bond acceptors (Lipinski definition) is 3. The van der Waals surface area contributed by atoms with Crippen molar-refractivity contribution in [1.29, 1.82) is 0 Å². The van der Waals surface area contributed by atoms with Crippen LogP contribution in [-0.4, -0.2) is 12.6 Å². The van der Waals surface area contributed by atoms with Gasteiger partial charge in [-0.25, -0.2) is 4.79 Å². The largest absolute Gasteiger partial charge is 0.463 e. The highest BCUT2D eigenvalue weighted by atomic mass is 32.1. The molecular weight excluding hydrogens is 244 g/mol. The van der Waals surface area contributed by atoms with E-state index >= 15 is 0 Å². The molecule has 2 aromatic rings. The highest BCUT2D eigenvalue weighted by molar-refractivity contribution is 7.20. The van der Waals surface area contributed by atoms with Gasteiger partial charge in [0.15, 0.2) is 0 Å². The number of fused-ring (bicyclic) bond motifs is 1. The van der Waals surface area contributed by atoms with Gasteiger partial charge in [-0.05, 0) is 43.9 Å². The number of ether oxygens (including phenoxy) is 1. The summed E-state index contributed by atoms with van der Waals surface area (Å²) in [5.74, 6) is -0.229. The summed E-state index contributed by atoms with van der Waals surface area (Å²) < 4.78 is 6.27. The Balaban J connectivity index is 2.41. The summed E-state index contributed by atoms with van der Waals surface area (Å²) in [5, 5.41) is 1.22. The first-order valence-electron chi connectivity index (χ1n) is 5.97. The third kappa shape index (κ3) is 2.46. The number of carbonyl (C=O) groups is 1. The standard InChI is InChI=1S/C15H16O2S/c1-4-17-15(16)11(3)10(2)14-9-12-7-5-6-8-13(12)18-14/h5-9H,4H2,1-3H3/b11-10-. The second kappa shape index (κ2) is 5.36. The van der Waals surface area contributed by atoms with E-state index in [4.69, 9.17) is 4.74 Å². The van der Waals surface area contributed by atoms with E-state index < -0.39 is 0 Å². The smallest absolute Gasteiger partial charge is 0.334 e. The Morgan fingerprint density at radius 3 is 2.67 bits per heavy atom. The summed E-state index contributed by atoms with van der Waals surface area (Å²) in [6.45, 7) is 6.02. The summed E-state index contributed by atoms with van der Waals surface area (Å²) in [5.41, 5.74) is 1.68. The lowest BCUT2D eigenvalue weighted by molar-refractivity contribution is -0.138. The van der Waals surface area contributed by atoms with Crippen molar-refractivity contribution in [1.82, 2.24) is 0 Å². The summed E-state index contributed by atoms with van der Waals surface area (Å²) in [4.78, 5) is 12.8. The second-order valence-electron chi connectivity index (χ2n) is 4.12. The molecule has 0 unspecified atom stereocenters. The summed E-state index contributed by atoms with van der Waals surface area (Å²) in [7, 11) is 0. The zero-order chi connectivity index (χ0) is 13.1. The van der Waals surface area contributed by atoms with Crippen LogP contribution < -0.4 is 0 Å². The molecule has 0 saturated heterocycles. The van der Waals surface area contributed by atoms with E-state index in [1.54, 1.807) is 11.3 Å². The van der Waals surface area contributed by atoms with Crippen LogP contribution in [0.1, 0.15) is 25.6 Å². The highest BCUT2D eigenvalue weighted by Gasteiger charge is 2.12. The molecule has 1 aromatic carbocycles. The molecule has 0 radical (unpaired) electrons. The van der Waals surface area contributed by atoms with Crippen molar-refractivity contribution in [2.24, 2.45) is 0 Å². The van der Waals surface area contributed by atoms with Crippen LogP contribution in [0.5, 0.6) is 0 Å². The summed E-state index contributed by atoms with van der Waals surface area (Å²) in [6.07, 6.45) is 0. The van der Waals surface area contributed by atoms with Gasteiger partial charge >= 0.3 is 5.97 Å². The van der Waals surface area contributed by atoms with Crippen LogP contribution in [0.4, 0.5) is 0 Å². The normalized spacial score (nSPS) is 12.4. The van der Waals surface area contributed by atoms with Crippen LogP contribution in [0.3, 0.4) is 0 Å². The lowest BCUT2D eigenvalue weighted by atomic mass is 10.1. The van der Waals surface area contributed by atoms with E-state index in [1.165, 1.54) is 10.1 Å². The molecule has 0 spiro atoms. The van der Waals surface area contributed by atoms with Crippen LogP contribution >= 0.6 is 11.3 Å². The molecule has 0 aliphatic carbocycles. The van der Waals surface area contributed by atoms with Gasteiger partial charge in [-0.1, -0.05) is 18.2 Å². The molecule has 94 valence electrons. The highest BCUT2D eigenvalue weighted by Crippen LogP contribution is 2.31. The zero-order valence-corrected chi connectivity index (χ0v) is 11.6. The van der Waals surface area contributed by atoms with E-state index in [-0.39, 0.29) is 5.97 Å². The molecule has 2 nitrogen and oxygen atoms in total. The fourth-order valence-electron chi connectivity index (χ4n) is 1.74. The zero-order valence-electron chi connectivity index (χ0n) is 10.8. The van der Waals surface area contributed by atoms with Crippen molar-refractivity contribution in [3.63, 3.8) is 0 Å². The lowest BCUT2D eigenvalue weighted by Gasteiger charge is -2.05. The second-order valence-corrected chi connectivity index (χ2v) is 5.20. The van der Waals surface area contributed by atoms with Crippen LogP contribution in [0.15, 0.2) is 35.9 Å². The van der Waals surface area contributed by atoms with E-state index in [2.05, 4.69) is 18.2 Å². The van der Waals surface area contributed by atoms with Gasteiger partial charge < -0.3 is 4.74 Å². The van der Waals surface area contributed by atoms with E-state index in [9.17, 15) is 4.79 Å². The van der Waals surface area contributed by atoms with Gasteiger partial charge in [0.2, 0.25) is 0 Å². The van der Waals surface area contributed by atoms with E-state index in [0.717, 1.165) is 10.5 Å². The molecule has 3 heteroatoms. The predicted molar refractivity (Wildman–Crippen MR) is 76.7 cm³/mol. The van der Waals surface area contributed by atoms with Crippen LogP contribution in [0.2, 0.25) is 0 Å². The van der Waals surface area contributed by atoms with Gasteiger partial charge in [0.1, 0.15) is 0 Å². The van der Waals surface area contributed by atoms with Crippen molar-refractivity contribution in [3.8, 4) is 0 Å². The number of rotatable bonds is 3. The summed E-state index contributed by atoms with van der Waals surface area (Å²) >= 11 is 1.70. The Bertz CT molecular complexity index is 575. The van der Waals surface area contributed by atoms with Gasteiger partial charge in [-0.2, -0.15) is 0 Å². The van der Waals surface area contributed by atoms with Crippen molar-refractivity contribution in [3.05, 3.63) is 40.8 Å². The third-order valence-electron chi connectivity index (χ3n) is 2.94. The third-order valence-corrected chi connectivity index (χ3v) is 4.17. The molecule has 0 aliphatic heterocycles. The number of allylic oxidation sites excluding steroid dienone is 1. The molecule has 18 heavy (non-hydrogen) atoms. The Hall–Kier alpha value is -1.61. The van der Waals surface area contributed by atoms with E-state index in [1.807, 2.05) is 32.9 Å². The van der Waals surface area contributed by atoms with Crippen molar-refractivity contribution in [2.75, 3.05) is 6.61 Å². The Labute approximate surface area is 111 Å². The first-order chi connectivity index (χ1) is 8.63. The maximum absolute atomic E-state index is 11.7. The van der Waals surface area contributed by atoms with Crippen LogP contribution in [0.25, 0.3) is 15.7 Å². The minimum atomic E-state index is -0.229. The van der Waals surface area contributed by atoms with Gasteiger partial charge in [0.05, 0.1) is 6.61 Å². The van der Waals surface area contributed by atoms with Gasteiger partial charge in [0, 0.05) is 15.2 Å². The SMILES string of the molecule is CCOC(=O)/C(C)=C(/C)c1cc2ccccc2s1. The minimum Gasteiger partial charge on any atom is -0.463 e. The maximum Gasteiger partial charge on any atom is 0.334 e. The van der Waals surface area contributed by atoms with Gasteiger partial charge in [0.25, 0.3) is 0 Å². The summed E-state index contributed by atoms with van der Waals surface area (Å²) in [6, 6.07) is 10.4. The Morgan fingerprint density at radius 2 is 2.00 bits per heavy atom. The molecule has 0 N–H and O–H groups in total. The molecule has 0 atom stereocenters. The van der Waals surface area contributed by atoms with Crippen LogP contribution in [-0.2, 0) is 9.53 Å². The number of thiophene rings is 1. The molecular formula is C15H16O2S. The quantitative estimate of drug-likeness (QED) is 0.609. The molecule has 0 bridgehead atoms. The Morgan fingerprint density at radius 1 is 1.28 bits per heavy atom. The fourth-order valence-corrected chi connectivity index (χ4v) is 2.86. The lowest BCUT2D eigenvalue weighted by Crippen LogP contribution is -2.06. The molecule has 2 rings (SSSR count). The van der Waals surface area contributed by atoms with Gasteiger partial charge in [-0.15, -0.1) is 11.3 Å². The maximum atomic E-state index is 11.7. The molecule has 0 aliphatic rings. The monoisotopic (exact) mass is 260 g/mol. The van der Waals surface area contributed by atoms with Crippen molar-refractivity contribution in [2.45, 2.75) is 20.8 Å². The van der Waals surface area contributed by atoms with Crippen molar-refractivity contribution >= 4 is 33.0 Å². The first-order valence-corrected chi connectivity index (χ1v) is 6.78. The molecule has 0 fully saturated rings. The Kier molecular flexibility index (Phi) is 3.82. The fraction of sp³-hybridized carbons (Fsp3) is 0.267. The van der Waals surface area contributed by atoms with Crippen molar-refractivity contribution < 1.29 is 9.53 Å². The number of hydrogen-bond donors (Lipinski definition) is 0. The predicted octanol–water partition coefficient (Wildman–Crippen LogP) is 4.26. The molecule has 0 saturated carbocycles. The number of esters is 1. The molecule has 0 amide bonds. The minimum absolute atomic E-state index is 0.229. The topological polar surface area (TPSA) is 26.3 Å². The average molecular weight is 260 g/mol. The van der Waals surface area contributed by atoms with Crippen LogP contribution in [0, 0.1) is 0 Å². The molecule has 1 heterocycles. The van der Waals surface area contributed by atoms with Gasteiger partial charge in [-0.3, -0.25) is 0 Å². The molecule has 1 aromatic heterocycles. The number of benzene rings is 1. The van der Waals surface area contributed by atoms with E-state index in [0.29, 0.717) is 12.2 Å². The number of carbonyl (C=O) groups excluding carboxylic acids is 1.